The van der Waals surface area contributed by atoms with E-state index < -0.39 is 51.3 Å². The molecule has 2 nitrogen and oxygen atoms in total. The minimum absolute atomic E-state index is 0.156. The molecule has 0 atom stereocenters. The molecular formula is C11H4Cl2F10N2. The lowest BCUT2D eigenvalue weighted by Gasteiger charge is -2.29. The zero-order chi connectivity index (χ0) is 20.0. The zero-order valence-corrected chi connectivity index (χ0v) is 12.7. The highest BCUT2D eigenvalue weighted by Gasteiger charge is 2.75. The lowest BCUT2D eigenvalue weighted by Crippen LogP contribution is -2.57. The van der Waals surface area contributed by atoms with Gasteiger partial charge in [-0.05, 0) is 12.1 Å². The van der Waals surface area contributed by atoms with Crippen molar-refractivity contribution < 1.29 is 43.9 Å². The van der Waals surface area contributed by atoms with Gasteiger partial charge in [-0.2, -0.15) is 43.9 Å². The lowest BCUT2D eigenvalue weighted by molar-refractivity contribution is -0.336. The molecule has 142 valence electrons. The molecule has 0 fully saturated rings. The van der Waals surface area contributed by atoms with Crippen molar-refractivity contribution in [3.8, 4) is 0 Å². The molecule has 0 aliphatic carbocycles. The van der Waals surface area contributed by atoms with E-state index in [2.05, 4.69) is 0 Å². The fraction of sp³-hybridized carbons (Fsp3) is 0.364. The second-order valence-corrected chi connectivity index (χ2v) is 5.27. The number of amidine groups is 1. The first-order chi connectivity index (χ1) is 10.9. The van der Waals surface area contributed by atoms with E-state index >= 15 is 0 Å². The van der Waals surface area contributed by atoms with Gasteiger partial charge in [-0.25, -0.2) is 0 Å². The Balaban J connectivity index is 3.25. The van der Waals surface area contributed by atoms with Gasteiger partial charge < -0.3 is 5.32 Å². The Kier molecular flexibility index (Phi) is 5.52. The smallest absolute Gasteiger partial charge is 0.337 e. The summed E-state index contributed by atoms with van der Waals surface area (Å²) in [6.07, 6.45) is -11.6. The number of rotatable bonds is 3. The second-order valence-electron chi connectivity index (χ2n) is 4.46. The van der Waals surface area contributed by atoms with Crippen LogP contribution in [-0.4, -0.2) is 23.9 Å². The molecule has 0 unspecified atom stereocenters. The number of hydrogen-bond acceptors (Lipinski definition) is 1. The number of anilines is 1. The first-order valence-corrected chi connectivity index (χ1v) is 6.43. The lowest BCUT2D eigenvalue weighted by atomic mass is 10.1. The van der Waals surface area contributed by atoms with Gasteiger partial charge in [-0.3, -0.25) is 5.41 Å². The number of nitrogens with one attached hydrogen (secondary N) is 2. The first-order valence-electron chi connectivity index (χ1n) is 5.67. The fourth-order valence-corrected chi connectivity index (χ4v) is 1.98. The van der Waals surface area contributed by atoms with E-state index in [0.717, 1.165) is 5.32 Å². The van der Waals surface area contributed by atoms with Crippen molar-refractivity contribution in [2.75, 3.05) is 5.32 Å². The average molecular weight is 425 g/mol. The summed E-state index contributed by atoms with van der Waals surface area (Å²) in [6, 6.07) is 0.312. The summed E-state index contributed by atoms with van der Waals surface area (Å²) in [7, 11) is 0. The molecule has 25 heavy (non-hydrogen) atoms. The highest BCUT2D eigenvalue weighted by Crippen LogP contribution is 2.47. The zero-order valence-electron chi connectivity index (χ0n) is 11.2. The molecule has 0 saturated heterocycles. The topological polar surface area (TPSA) is 35.9 Å². The number of hydrogen-bond donors (Lipinski definition) is 2. The van der Waals surface area contributed by atoms with E-state index in [0.29, 0.717) is 0 Å². The molecule has 1 aromatic rings. The predicted molar refractivity (Wildman–Crippen MR) is 68.8 cm³/mol. The highest BCUT2D eigenvalue weighted by atomic mass is 35.5. The molecule has 0 aliphatic heterocycles. The third-order valence-corrected chi connectivity index (χ3v) is 3.28. The molecule has 0 bridgehead atoms. The van der Waals surface area contributed by atoms with Gasteiger partial charge in [0.25, 0.3) is 0 Å². The number of benzene rings is 1. The molecular weight excluding hydrogens is 421 g/mol. The second kappa shape index (κ2) is 6.38. The third-order valence-electron chi connectivity index (χ3n) is 2.68. The summed E-state index contributed by atoms with van der Waals surface area (Å²) in [4.78, 5) is 0. The summed E-state index contributed by atoms with van der Waals surface area (Å²) in [6.45, 7) is 0. The van der Waals surface area contributed by atoms with Gasteiger partial charge in [-0.15, -0.1) is 0 Å². The van der Waals surface area contributed by atoms with E-state index in [1.165, 1.54) is 0 Å². The Hall–Kier alpha value is -1.43. The van der Waals surface area contributed by atoms with Crippen molar-refractivity contribution in [2.45, 2.75) is 24.2 Å². The van der Waals surface area contributed by atoms with Crippen LogP contribution in [0.3, 0.4) is 0 Å². The van der Waals surface area contributed by atoms with Crippen LogP contribution in [0.4, 0.5) is 49.6 Å². The van der Waals surface area contributed by atoms with Crippen LogP contribution in [0.25, 0.3) is 0 Å². The van der Waals surface area contributed by atoms with Crippen LogP contribution in [0.5, 0.6) is 0 Å². The molecule has 0 heterocycles. The summed E-state index contributed by atoms with van der Waals surface area (Å²) < 4.78 is 126. The van der Waals surface area contributed by atoms with Gasteiger partial charge in [0.1, 0.15) is 0 Å². The average Bonchev–Trinajstić information content (AvgIpc) is 2.39. The van der Waals surface area contributed by atoms with Crippen molar-refractivity contribution in [2.24, 2.45) is 0 Å². The van der Waals surface area contributed by atoms with Crippen LogP contribution in [0, 0.1) is 5.41 Å². The minimum atomic E-state index is -6.70. The fourth-order valence-electron chi connectivity index (χ4n) is 1.39. The van der Waals surface area contributed by atoms with Gasteiger partial charge in [0.2, 0.25) is 0 Å². The van der Waals surface area contributed by atoms with Crippen LogP contribution in [0.2, 0.25) is 10.0 Å². The Morgan fingerprint density at radius 2 is 1.24 bits per heavy atom. The van der Waals surface area contributed by atoms with E-state index in [-0.39, 0.29) is 12.1 Å². The molecule has 1 aromatic carbocycles. The van der Waals surface area contributed by atoms with Gasteiger partial charge >= 0.3 is 24.2 Å². The standard InChI is InChI=1S/C11H4Cl2F10N2/c12-4-1-3(9(16,17)18)2-5(13)6(4)25-7(24)8(14,15)10(19,20)11(21,22)23/h1-2H,(H2,24,25). The van der Waals surface area contributed by atoms with Gasteiger partial charge in [0.05, 0.1) is 21.3 Å². The van der Waals surface area contributed by atoms with Crippen LogP contribution in [-0.2, 0) is 6.18 Å². The Labute approximate surface area is 142 Å². The Bertz CT molecular complexity index is 657. The molecule has 0 amide bonds. The summed E-state index contributed by atoms with van der Waals surface area (Å²) in [5, 5.41) is 5.79. The van der Waals surface area contributed by atoms with E-state index in [1.807, 2.05) is 0 Å². The van der Waals surface area contributed by atoms with Crippen molar-refractivity contribution >= 4 is 34.7 Å². The summed E-state index contributed by atoms with van der Waals surface area (Å²) in [5.41, 5.74) is -2.51. The van der Waals surface area contributed by atoms with Crippen molar-refractivity contribution in [1.29, 1.82) is 5.41 Å². The Morgan fingerprint density at radius 3 is 1.56 bits per heavy atom. The number of alkyl halides is 10. The molecule has 0 aromatic heterocycles. The van der Waals surface area contributed by atoms with Crippen molar-refractivity contribution in [3.63, 3.8) is 0 Å². The van der Waals surface area contributed by atoms with Gasteiger partial charge in [0, 0.05) is 0 Å². The third kappa shape index (κ3) is 4.05. The summed E-state index contributed by atoms with van der Waals surface area (Å²) >= 11 is 10.7. The van der Waals surface area contributed by atoms with Crippen molar-refractivity contribution in [1.82, 2.24) is 0 Å². The van der Waals surface area contributed by atoms with E-state index in [9.17, 15) is 43.9 Å². The largest absolute Gasteiger partial charge is 0.460 e. The van der Waals surface area contributed by atoms with Crippen LogP contribution in [0.15, 0.2) is 12.1 Å². The maximum absolute atomic E-state index is 13.3. The molecule has 0 aliphatic rings. The molecule has 0 radical (unpaired) electrons. The van der Waals surface area contributed by atoms with Gasteiger partial charge in [-0.1, -0.05) is 23.2 Å². The maximum Gasteiger partial charge on any atom is 0.460 e. The molecule has 0 spiro atoms. The van der Waals surface area contributed by atoms with Crippen LogP contribution in [0.1, 0.15) is 5.56 Å². The first kappa shape index (κ1) is 21.6. The molecule has 14 heteroatoms. The predicted octanol–water partition coefficient (Wildman–Crippen LogP) is 6.23. The maximum atomic E-state index is 13.3. The number of halogens is 12. The Morgan fingerprint density at radius 1 is 0.840 bits per heavy atom. The van der Waals surface area contributed by atoms with Crippen molar-refractivity contribution in [3.05, 3.63) is 27.7 Å². The molecule has 0 saturated carbocycles. The molecule has 2 N–H and O–H groups in total. The highest BCUT2D eigenvalue weighted by molar-refractivity contribution is 6.40. The molecule has 1 rings (SSSR count). The quantitative estimate of drug-likeness (QED) is 0.336. The van der Waals surface area contributed by atoms with Crippen LogP contribution >= 0.6 is 23.2 Å². The van der Waals surface area contributed by atoms with Gasteiger partial charge in [0.15, 0.2) is 5.84 Å². The van der Waals surface area contributed by atoms with E-state index in [1.54, 1.807) is 0 Å². The summed E-state index contributed by atoms with van der Waals surface area (Å²) in [5.74, 6) is -15.4. The SMILES string of the molecule is N=C(Nc1c(Cl)cc(C(F)(F)F)cc1Cl)C(F)(F)C(F)(F)C(F)(F)F. The minimum Gasteiger partial charge on any atom is -0.337 e. The van der Waals surface area contributed by atoms with E-state index in [4.69, 9.17) is 28.6 Å². The monoisotopic (exact) mass is 424 g/mol. The normalized spacial score (nSPS) is 13.8. The van der Waals surface area contributed by atoms with Crippen LogP contribution < -0.4 is 5.32 Å².